The Kier molecular flexibility index (Phi) is 2.53. The van der Waals surface area contributed by atoms with Gasteiger partial charge in [-0.3, -0.25) is 0 Å². The smallest absolute Gasteiger partial charge is 0.127 e. The molecule has 0 aliphatic heterocycles. The van der Waals surface area contributed by atoms with Gasteiger partial charge in [0.1, 0.15) is 16.8 Å². The zero-order chi connectivity index (χ0) is 10.1. The average molecular weight is 270 g/mol. The van der Waals surface area contributed by atoms with Crippen molar-refractivity contribution in [1.82, 2.24) is 0 Å². The van der Waals surface area contributed by atoms with Crippen LogP contribution < -0.4 is 0 Å². The summed E-state index contributed by atoms with van der Waals surface area (Å²) in [6, 6.07) is 6.96. The molecule has 4 heteroatoms. The Morgan fingerprint density at radius 1 is 1.50 bits per heavy atom. The molecule has 0 aliphatic rings. The second-order valence-corrected chi connectivity index (χ2v) is 4.44. The van der Waals surface area contributed by atoms with E-state index in [2.05, 4.69) is 22.0 Å². The van der Waals surface area contributed by atoms with Crippen molar-refractivity contribution in [2.75, 3.05) is 0 Å². The van der Waals surface area contributed by atoms with Crippen molar-refractivity contribution in [3.63, 3.8) is 0 Å². The van der Waals surface area contributed by atoms with E-state index in [4.69, 9.17) is 5.26 Å². The van der Waals surface area contributed by atoms with Gasteiger partial charge in [-0.05, 0) is 18.2 Å². The first kappa shape index (κ1) is 9.63. The predicted molar refractivity (Wildman–Crippen MR) is 59.1 cm³/mol. The molecule has 0 atom stereocenters. The van der Waals surface area contributed by atoms with Crippen molar-refractivity contribution in [1.29, 1.82) is 5.26 Å². The van der Waals surface area contributed by atoms with Crippen LogP contribution in [0.4, 0.5) is 4.39 Å². The van der Waals surface area contributed by atoms with E-state index in [1.807, 2.05) is 0 Å². The normalized spacial score (nSPS) is 10.4. The molecule has 0 saturated heterocycles. The molecule has 0 fully saturated rings. The van der Waals surface area contributed by atoms with E-state index in [0.717, 1.165) is 10.1 Å². The molecule has 0 bridgehead atoms. The monoisotopic (exact) mass is 269 g/mol. The number of hydrogen-bond acceptors (Lipinski definition) is 2. The lowest BCUT2D eigenvalue weighted by Crippen LogP contribution is -1.84. The molecule has 70 valence electrons. The molecule has 1 heterocycles. The second-order valence-electron chi connectivity index (χ2n) is 2.79. The minimum atomic E-state index is -0.225. The molecule has 0 spiro atoms. The average Bonchev–Trinajstić information content (AvgIpc) is 2.60. The molecular weight excluding hydrogens is 265 g/mol. The first-order valence-electron chi connectivity index (χ1n) is 3.93. The van der Waals surface area contributed by atoms with Gasteiger partial charge in [0.25, 0.3) is 0 Å². The number of halogens is 2. The highest BCUT2D eigenvalue weighted by Gasteiger charge is 2.09. The van der Waals surface area contributed by atoms with Crippen LogP contribution in [0.15, 0.2) is 18.2 Å². The van der Waals surface area contributed by atoms with E-state index >= 15 is 0 Å². The number of rotatable bonds is 1. The van der Waals surface area contributed by atoms with E-state index in [1.54, 1.807) is 12.1 Å². The number of nitriles is 1. The Bertz CT molecular complexity index is 527. The SMILES string of the molecule is N#Cc1cc2c(CBr)c(F)ccc2s1. The Balaban J connectivity index is 2.81. The van der Waals surface area contributed by atoms with E-state index in [0.29, 0.717) is 15.8 Å². The lowest BCUT2D eigenvalue weighted by Gasteiger charge is -1.99. The fraction of sp³-hybridized carbons (Fsp3) is 0.100. The van der Waals surface area contributed by atoms with Crippen molar-refractivity contribution in [2.45, 2.75) is 5.33 Å². The zero-order valence-corrected chi connectivity index (χ0v) is 9.45. The Hall–Kier alpha value is -0.920. The first-order valence-corrected chi connectivity index (χ1v) is 5.87. The van der Waals surface area contributed by atoms with E-state index in [1.165, 1.54) is 17.4 Å². The molecule has 2 aromatic rings. The van der Waals surface area contributed by atoms with E-state index in [-0.39, 0.29) is 5.82 Å². The minimum absolute atomic E-state index is 0.225. The van der Waals surface area contributed by atoms with E-state index in [9.17, 15) is 4.39 Å². The summed E-state index contributed by atoms with van der Waals surface area (Å²) in [4.78, 5) is 0.618. The molecule has 0 aliphatic carbocycles. The second kappa shape index (κ2) is 3.68. The number of benzene rings is 1. The van der Waals surface area contributed by atoms with Crippen LogP contribution in [0.2, 0.25) is 0 Å². The summed E-state index contributed by atoms with van der Waals surface area (Å²) in [5.74, 6) is -0.225. The number of thiophene rings is 1. The van der Waals surface area contributed by atoms with Crippen LogP contribution in [0.3, 0.4) is 0 Å². The van der Waals surface area contributed by atoms with E-state index < -0.39 is 0 Å². The number of hydrogen-bond donors (Lipinski definition) is 0. The van der Waals surface area contributed by atoms with Crippen molar-refractivity contribution in [2.24, 2.45) is 0 Å². The van der Waals surface area contributed by atoms with Crippen LogP contribution >= 0.6 is 27.3 Å². The zero-order valence-electron chi connectivity index (χ0n) is 7.05. The fourth-order valence-electron chi connectivity index (χ4n) is 1.33. The fourth-order valence-corrected chi connectivity index (χ4v) is 2.79. The lowest BCUT2D eigenvalue weighted by molar-refractivity contribution is 0.620. The van der Waals surface area contributed by atoms with Gasteiger partial charge in [-0.15, -0.1) is 11.3 Å². The van der Waals surface area contributed by atoms with Gasteiger partial charge in [0.15, 0.2) is 0 Å². The minimum Gasteiger partial charge on any atom is -0.207 e. The summed E-state index contributed by atoms with van der Waals surface area (Å²) < 4.78 is 14.3. The summed E-state index contributed by atoms with van der Waals surface area (Å²) in [6.07, 6.45) is 0. The van der Waals surface area contributed by atoms with Gasteiger partial charge >= 0.3 is 0 Å². The molecule has 2 rings (SSSR count). The van der Waals surface area contributed by atoms with Crippen molar-refractivity contribution >= 4 is 37.4 Å². The summed E-state index contributed by atoms with van der Waals surface area (Å²) in [5, 5.41) is 10.0. The molecule has 0 amide bonds. The van der Waals surface area contributed by atoms with Gasteiger partial charge < -0.3 is 0 Å². The summed E-state index contributed by atoms with van der Waals surface area (Å²) in [5.41, 5.74) is 0.625. The van der Waals surface area contributed by atoms with Crippen LogP contribution in [0.5, 0.6) is 0 Å². The quantitative estimate of drug-likeness (QED) is 0.723. The highest BCUT2D eigenvalue weighted by Crippen LogP contribution is 2.30. The highest BCUT2D eigenvalue weighted by atomic mass is 79.9. The van der Waals surface area contributed by atoms with Crippen molar-refractivity contribution in [3.8, 4) is 6.07 Å². The predicted octanol–water partition coefficient (Wildman–Crippen LogP) is 3.81. The third kappa shape index (κ3) is 1.43. The number of fused-ring (bicyclic) bond motifs is 1. The Morgan fingerprint density at radius 2 is 2.29 bits per heavy atom. The lowest BCUT2D eigenvalue weighted by atomic mass is 10.1. The van der Waals surface area contributed by atoms with Crippen LogP contribution in [0.25, 0.3) is 10.1 Å². The molecule has 0 radical (unpaired) electrons. The maximum Gasteiger partial charge on any atom is 0.127 e. The Labute approximate surface area is 92.9 Å². The van der Waals surface area contributed by atoms with Gasteiger partial charge in [0, 0.05) is 21.0 Å². The van der Waals surface area contributed by atoms with Gasteiger partial charge in [0.2, 0.25) is 0 Å². The van der Waals surface area contributed by atoms with Crippen LogP contribution in [0, 0.1) is 17.1 Å². The molecule has 0 saturated carbocycles. The van der Waals surface area contributed by atoms with Crippen LogP contribution in [0.1, 0.15) is 10.4 Å². The summed E-state index contributed by atoms with van der Waals surface area (Å²) >= 11 is 4.63. The van der Waals surface area contributed by atoms with Crippen molar-refractivity contribution in [3.05, 3.63) is 34.5 Å². The molecule has 1 nitrogen and oxygen atoms in total. The maximum atomic E-state index is 13.3. The van der Waals surface area contributed by atoms with Gasteiger partial charge in [-0.2, -0.15) is 5.26 Å². The van der Waals surface area contributed by atoms with Gasteiger partial charge in [-0.25, -0.2) is 4.39 Å². The first-order chi connectivity index (χ1) is 6.76. The third-order valence-electron chi connectivity index (χ3n) is 2.00. The number of nitrogens with zero attached hydrogens (tertiary/aromatic N) is 1. The van der Waals surface area contributed by atoms with Gasteiger partial charge in [-0.1, -0.05) is 15.9 Å². The molecule has 0 N–H and O–H groups in total. The summed E-state index contributed by atoms with van der Waals surface area (Å²) in [6.45, 7) is 0. The molecule has 1 aromatic carbocycles. The standard InChI is InChI=1S/C10H5BrFNS/c11-4-8-7-3-6(5-13)14-10(7)2-1-9(8)12/h1-3H,4H2. The topological polar surface area (TPSA) is 23.8 Å². The summed E-state index contributed by atoms with van der Waals surface area (Å²) in [7, 11) is 0. The molecule has 0 unspecified atom stereocenters. The van der Waals surface area contributed by atoms with Crippen molar-refractivity contribution < 1.29 is 4.39 Å². The molecular formula is C10H5BrFNS. The van der Waals surface area contributed by atoms with Gasteiger partial charge in [0.05, 0.1) is 0 Å². The molecule has 14 heavy (non-hydrogen) atoms. The van der Waals surface area contributed by atoms with Crippen LogP contribution in [-0.4, -0.2) is 0 Å². The molecule has 1 aromatic heterocycles. The highest BCUT2D eigenvalue weighted by molar-refractivity contribution is 9.08. The number of alkyl halides is 1. The van der Waals surface area contributed by atoms with Crippen LogP contribution in [-0.2, 0) is 5.33 Å². The Morgan fingerprint density at radius 3 is 2.93 bits per heavy atom. The third-order valence-corrected chi connectivity index (χ3v) is 3.56. The largest absolute Gasteiger partial charge is 0.207 e. The maximum absolute atomic E-state index is 13.3.